The molecule has 1 saturated heterocycles. The van der Waals surface area contributed by atoms with E-state index < -0.39 is 0 Å². The summed E-state index contributed by atoms with van der Waals surface area (Å²) in [5.74, 6) is -0.0352. The van der Waals surface area contributed by atoms with E-state index in [4.69, 9.17) is 0 Å². The highest BCUT2D eigenvalue weighted by molar-refractivity contribution is 6.02. The maximum Gasteiger partial charge on any atom is 0.276 e. The first-order valence-corrected chi connectivity index (χ1v) is 9.66. The second-order valence-corrected chi connectivity index (χ2v) is 6.98. The smallest absolute Gasteiger partial charge is 0.276 e. The summed E-state index contributed by atoms with van der Waals surface area (Å²) in [6, 6.07) is 17.4. The molecule has 4 rings (SSSR count). The van der Waals surface area contributed by atoms with Crippen LogP contribution >= 0.6 is 0 Å². The van der Waals surface area contributed by atoms with Crippen LogP contribution in [0.15, 0.2) is 60.7 Å². The van der Waals surface area contributed by atoms with E-state index in [0.29, 0.717) is 12.4 Å². The number of halogens is 1. The minimum atomic E-state index is -0.309. The van der Waals surface area contributed by atoms with Crippen molar-refractivity contribution in [1.29, 1.82) is 0 Å². The molecule has 6 nitrogen and oxygen atoms in total. The van der Waals surface area contributed by atoms with Crippen molar-refractivity contribution in [1.82, 2.24) is 10.2 Å². The van der Waals surface area contributed by atoms with Gasteiger partial charge in [0.1, 0.15) is 11.6 Å². The molecule has 0 spiro atoms. The van der Waals surface area contributed by atoms with Gasteiger partial charge in [0.15, 0.2) is 5.69 Å². The van der Waals surface area contributed by atoms with Crippen LogP contribution in [-0.4, -0.2) is 29.2 Å². The van der Waals surface area contributed by atoms with Gasteiger partial charge in [-0.2, -0.15) is 0 Å². The average Bonchev–Trinajstić information content (AvgIpc) is 3.29. The van der Waals surface area contributed by atoms with Crippen molar-refractivity contribution in [3.05, 3.63) is 77.7 Å². The van der Waals surface area contributed by atoms with Gasteiger partial charge in [-0.25, -0.2) is 4.39 Å². The number of rotatable bonds is 6. The van der Waals surface area contributed by atoms with Crippen LogP contribution in [0.3, 0.4) is 0 Å². The average molecular weight is 391 g/mol. The Morgan fingerprint density at radius 3 is 2.31 bits per heavy atom. The standard InChI is InChI=1S/C22H22FN5O/c23-17-5-3-16(4-6-17)15-24-21-12-11-20(26-27-21)22(29)25-18-7-9-19(10-8-18)28-13-1-2-14-28/h3-12H,1-2,13-15H2,(H,24,27)(H,25,29). The molecule has 7 heteroatoms. The number of amides is 1. The van der Waals surface area contributed by atoms with Crippen LogP contribution < -0.4 is 15.5 Å². The van der Waals surface area contributed by atoms with Gasteiger partial charge in [-0.15, -0.1) is 10.2 Å². The minimum absolute atomic E-state index is 0.237. The minimum Gasteiger partial charge on any atom is -0.372 e. The van der Waals surface area contributed by atoms with Crippen LogP contribution in [0.4, 0.5) is 21.6 Å². The van der Waals surface area contributed by atoms with Gasteiger partial charge in [-0.05, 0) is 66.9 Å². The van der Waals surface area contributed by atoms with Crippen LogP contribution in [0, 0.1) is 5.82 Å². The van der Waals surface area contributed by atoms with Crippen molar-refractivity contribution in [2.24, 2.45) is 0 Å². The molecule has 29 heavy (non-hydrogen) atoms. The topological polar surface area (TPSA) is 70.2 Å². The number of benzene rings is 2. The molecule has 0 unspecified atom stereocenters. The molecular weight excluding hydrogens is 369 g/mol. The molecule has 0 radical (unpaired) electrons. The molecule has 0 atom stereocenters. The first kappa shape index (κ1) is 18.9. The fourth-order valence-electron chi connectivity index (χ4n) is 3.27. The largest absolute Gasteiger partial charge is 0.372 e. The number of hydrogen-bond donors (Lipinski definition) is 2. The molecule has 148 valence electrons. The lowest BCUT2D eigenvalue weighted by Gasteiger charge is -2.17. The number of anilines is 3. The number of hydrogen-bond acceptors (Lipinski definition) is 5. The van der Waals surface area contributed by atoms with Crippen molar-refractivity contribution in [3.8, 4) is 0 Å². The maximum atomic E-state index is 12.9. The normalized spacial score (nSPS) is 13.3. The number of carbonyl (C=O) groups is 1. The lowest BCUT2D eigenvalue weighted by Crippen LogP contribution is -2.18. The Morgan fingerprint density at radius 1 is 0.931 bits per heavy atom. The fourth-order valence-corrected chi connectivity index (χ4v) is 3.27. The summed E-state index contributed by atoms with van der Waals surface area (Å²) in [5, 5.41) is 14.0. The summed E-state index contributed by atoms with van der Waals surface area (Å²) in [4.78, 5) is 14.7. The van der Waals surface area contributed by atoms with E-state index in [0.717, 1.165) is 24.3 Å². The molecule has 1 fully saturated rings. The van der Waals surface area contributed by atoms with E-state index in [9.17, 15) is 9.18 Å². The first-order valence-electron chi connectivity index (χ1n) is 9.66. The molecule has 3 aromatic rings. The molecule has 1 aliphatic rings. The fraction of sp³-hybridized carbons (Fsp3) is 0.227. The van der Waals surface area contributed by atoms with E-state index in [1.165, 1.54) is 30.7 Å². The quantitative estimate of drug-likeness (QED) is 0.663. The third-order valence-electron chi connectivity index (χ3n) is 4.88. The second kappa shape index (κ2) is 8.68. The van der Waals surface area contributed by atoms with Gasteiger partial charge < -0.3 is 15.5 Å². The van der Waals surface area contributed by atoms with Gasteiger partial charge in [0.2, 0.25) is 0 Å². The summed E-state index contributed by atoms with van der Waals surface area (Å²) in [6.07, 6.45) is 2.46. The van der Waals surface area contributed by atoms with E-state index in [2.05, 4.69) is 25.7 Å². The van der Waals surface area contributed by atoms with Crippen LogP contribution in [-0.2, 0) is 6.54 Å². The highest BCUT2D eigenvalue weighted by Crippen LogP contribution is 2.22. The summed E-state index contributed by atoms with van der Waals surface area (Å²) in [6.45, 7) is 2.66. The van der Waals surface area contributed by atoms with Crippen LogP contribution in [0.5, 0.6) is 0 Å². The second-order valence-electron chi connectivity index (χ2n) is 6.98. The van der Waals surface area contributed by atoms with Crippen LogP contribution in [0.1, 0.15) is 28.9 Å². The van der Waals surface area contributed by atoms with Crippen molar-refractivity contribution in [2.45, 2.75) is 19.4 Å². The van der Waals surface area contributed by atoms with E-state index >= 15 is 0 Å². The van der Waals surface area contributed by atoms with Crippen molar-refractivity contribution >= 4 is 23.1 Å². The summed E-state index contributed by atoms with van der Waals surface area (Å²) in [7, 11) is 0. The molecule has 2 N–H and O–H groups in total. The lowest BCUT2D eigenvalue weighted by atomic mass is 10.2. The van der Waals surface area contributed by atoms with Gasteiger partial charge in [0.05, 0.1) is 0 Å². The molecule has 1 aromatic heterocycles. The highest BCUT2D eigenvalue weighted by Gasteiger charge is 2.13. The molecule has 0 aliphatic carbocycles. The van der Waals surface area contributed by atoms with Crippen molar-refractivity contribution in [3.63, 3.8) is 0 Å². The summed E-state index contributed by atoms with van der Waals surface area (Å²) >= 11 is 0. The Labute approximate surface area is 168 Å². The predicted octanol–water partition coefficient (Wildman–Crippen LogP) is 4.08. The Kier molecular flexibility index (Phi) is 5.65. The molecule has 0 saturated carbocycles. The summed E-state index contributed by atoms with van der Waals surface area (Å²) < 4.78 is 12.9. The molecular formula is C22H22FN5O. The molecule has 1 aliphatic heterocycles. The molecule has 1 amide bonds. The first-order chi connectivity index (χ1) is 14.2. The number of aromatic nitrogens is 2. The van der Waals surface area contributed by atoms with Crippen molar-refractivity contribution < 1.29 is 9.18 Å². The van der Waals surface area contributed by atoms with Crippen LogP contribution in [0.2, 0.25) is 0 Å². The number of nitrogens with one attached hydrogen (secondary N) is 2. The van der Waals surface area contributed by atoms with E-state index in [1.807, 2.05) is 24.3 Å². The summed E-state index contributed by atoms with van der Waals surface area (Å²) in [5.41, 5.74) is 3.06. The molecule has 2 heterocycles. The molecule has 0 bridgehead atoms. The van der Waals surface area contributed by atoms with E-state index in [1.54, 1.807) is 24.3 Å². The Balaban J connectivity index is 1.32. The van der Waals surface area contributed by atoms with Crippen LogP contribution in [0.25, 0.3) is 0 Å². The third-order valence-corrected chi connectivity index (χ3v) is 4.88. The zero-order valence-corrected chi connectivity index (χ0v) is 15.9. The molecule has 2 aromatic carbocycles. The monoisotopic (exact) mass is 391 g/mol. The lowest BCUT2D eigenvalue weighted by molar-refractivity contribution is 0.102. The third kappa shape index (κ3) is 4.87. The van der Waals surface area contributed by atoms with Gasteiger partial charge in [-0.3, -0.25) is 4.79 Å². The SMILES string of the molecule is O=C(Nc1ccc(N2CCCC2)cc1)c1ccc(NCc2ccc(F)cc2)nn1. The van der Waals surface area contributed by atoms with Gasteiger partial charge >= 0.3 is 0 Å². The Morgan fingerprint density at radius 2 is 1.66 bits per heavy atom. The number of nitrogens with zero attached hydrogens (tertiary/aromatic N) is 3. The van der Waals surface area contributed by atoms with Crippen molar-refractivity contribution in [2.75, 3.05) is 28.6 Å². The highest BCUT2D eigenvalue weighted by atomic mass is 19.1. The zero-order valence-electron chi connectivity index (χ0n) is 15.9. The zero-order chi connectivity index (χ0) is 20.1. The van der Waals surface area contributed by atoms with Gasteiger partial charge in [-0.1, -0.05) is 12.1 Å². The Hall–Kier alpha value is -3.48. The van der Waals surface area contributed by atoms with E-state index in [-0.39, 0.29) is 17.4 Å². The maximum absolute atomic E-state index is 12.9. The number of carbonyl (C=O) groups excluding carboxylic acids is 1. The van der Waals surface area contributed by atoms with Gasteiger partial charge in [0, 0.05) is 31.0 Å². The van der Waals surface area contributed by atoms with Gasteiger partial charge in [0.25, 0.3) is 5.91 Å². The Bertz CT molecular complexity index is 952. The predicted molar refractivity (Wildman–Crippen MR) is 112 cm³/mol.